The van der Waals surface area contributed by atoms with Crippen molar-refractivity contribution in [1.29, 1.82) is 0 Å². The van der Waals surface area contributed by atoms with E-state index in [1.807, 2.05) is 0 Å². The Morgan fingerprint density at radius 3 is 1.04 bits per heavy atom. The van der Waals surface area contributed by atoms with E-state index in [9.17, 15) is 0 Å². The zero-order valence-electron chi connectivity index (χ0n) is 14.9. The van der Waals surface area contributed by atoms with Crippen molar-refractivity contribution in [2.75, 3.05) is 6.16 Å². The molecule has 3 aromatic carbocycles. The molecule has 0 unspecified atom stereocenters. The van der Waals surface area contributed by atoms with Gasteiger partial charge in [-0.2, -0.15) is 0 Å². The van der Waals surface area contributed by atoms with Gasteiger partial charge in [0.2, 0.25) is 0 Å². The van der Waals surface area contributed by atoms with Crippen LogP contribution in [0.5, 0.6) is 0 Å². The summed E-state index contributed by atoms with van der Waals surface area (Å²) in [6.07, 6.45) is 5.09. The molecule has 0 radical (unpaired) electrons. The second kappa shape index (κ2) is 9.90. The van der Waals surface area contributed by atoms with Gasteiger partial charge < -0.3 is 0 Å². The fourth-order valence-electron chi connectivity index (χ4n) is 3.65. The van der Waals surface area contributed by atoms with Crippen molar-refractivity contribution in [1.82, 2.24) is 0 Å². The van der Waals surface area contributed by atoms with E-state index < -0.39 is 7.26 Å². The SMILES string of the molecule is Br.CC[PH](Cc1ccccc1)(Cc1ccccc1)Cc1ccccc1. The fraction of sp³-hybridized carbons (Fsp3) is 0.217. The molecular formula is C23H28BrP. The van der Waals surface area contributed by atoms with E-state index in [1.165, 1.54) is 41.3 Å². The summed E-state index contributed by atoms with van der Waals surface area (Å²) in [6, 6.07) is 33.2. The quantitative estimate of drug-likeness (QED) is 0.367. The van der Waals surface area contributed by atoms with Crippen LogP contribution in [0.4, 0.5) is 0 Å². The van der Waals surface area contributed by atoms with Gasteiger partial charge in [0.1, 0.15) is 0 Å². The maximum absolute atomic E-state index is 2.40. The Hall–Kier alpha value is -1.43. The maximum atomic E-state index is 2.40. The molecule has 0 bridgehead atoms. The van der Waals surface area contributed by atoms with Gasteiger partial charge in [-0.05, 0) is 0 Å². The third kappa shape index (κ3) is 5.80. The Morgan fingerprint density at radius 1 is 0.520 bits per heavy atom. The van der Waals surface area contributed by atoms with Crippen molar-refractivity contribution in [3.8, 4) is 0 Å². The Bertz CT molecular complexity index is 624. The van der Waals surface area contributed by atoms with Crippen molar-refractivity contribution in [2.45, 2.75) is 25.4 Å². The summed E-state index contributed by atoms with van der Waals surface area (Å²) in [6.45, 7) is 2.40. The Labute approximate surface area is 163 Å². The summed E-state index contributed by atoms with van der Waals surface area (Å²) in [5.41, 5.74) is 4.49. The molecule has 0 atom stereocenters. The van der Waals surface area contributed by atoms with E-state index in [0.717, 1.165) is 0 Å². The standard InChI is InChI=1S/C23H27P.BrH/c1-2-24(18-21-12-6-3-7-13-21,19-22-14-8-4-9-15-22)20-23-16-10-5-11-17-23;/h3-17,24H,2,18-20H2,1H3;1H. The molecular weight excluding hydrogens is 387 g/mol. The van der Waals surface area contributed by atoms with Crippen LogP contribution in [0.15, 0.2) is 91.0 Å². The average Bonchev–Trinajstić information content (AvgIpc) is 2.64. The number of halogens is 1. The van der Waals surface area contributed by atoms with Crippen LogP contribution in [-0.2, 0) is 18.5 Å². The van der Waals surface area contributed by atoms with Crippen LogP contribution in [-0.4, -0.2) is 6.16 Å². The predicted octanol–water partition coefficient (Wildman–Crippen LogP) is 6.93. The van der Waals surface area contributed by atoms with Crippen molar-refractivity contribution >= 4 is 24.2 Å². The average molecular weight is 415 g/mol. The summed E-state index contributed by atoms with van der Waals surface area (Å²) >= 11 is 0. The summed E-state index contributed by atoms with van der Waals surface area (Å²) in [5.74, 6) is 0. The fourth-order valence-corrected chi connectivity index (χ4v) is 8.08. The Morgan fingerprint density at radius 2 is 0.800 bits per heavy atom. The van der Waals surface area contributed by atoms with Crippen molar-refractivity contribution in [2.24, 2.45) is 0 Å². The molecule has 3 aromatic rings. The monoisotopic (exact) mass is 414 g/mol. The zero-order chi connectivity index (χ0) is 16.7. The van der Waals surface area contributed by atoms with Gasteiger partial charge in [0.25, 0.3) is 0 Å². The molecule has 0 heterocycles. The number of hydrogen-bond donors (Lipinski definition) is 0. The van der Waals surface area contributed by atoms with Crippen LogP contribution in [0.25, 0.3) is 0 Å². The van der Waals surface area contributed by atoms with E-state index in [1.54, 1.807) is 0 Å². The second-order valence-electron chi connectivity index (χ2n) is 6.84. The minimum absolute atomic E-state index is 0. The van der Waals surface area contributed by atoms with Gasteiger partial charge in [-0.1, -0.05) is 0 Å². The molecule has 0 amide bonds. The van der Waals surface area contributed by atoms with E-state index in [2.05, 4.69) is 97.9 Å². The van der Waals surface area contributed by atoms with E-state index in [4.69, 9.17) is 0 Å². The van der Waals surface area contributed by atoms with E-state index in [-0.39, 0.29) is 17.0 Å². The number of rotatable bonds is 7. The second-order valence-corrected chi connectivity index (χ2v) is 11.6. The molecule has 0 nitrogen and oxygen atoms in total. The molecule has 0 aromatic heterocycles. The number of hydrogen-bond acceptors (Lipinski definition) is 0. The van der Waals surface area contributed by atoms with Crippen molar-refractivity contribution in [3.05, 3.63) is 108 Å². The van der Waals surface area contributed by atoms with Crippen LogP contribution in [0.1, 0.15) is 23.6 Å². The van der Waals surface area contributed by atoms with E-state index >= 15 is 0 Å². The van der Waals surface area contributed by atoms with Gasteiger partial charge in [0, 0.05) is 0 Å². The van der Waals surface area contributed by atoms with Crippen LogP contribution in [0.3, 0.4) is 0 Å². The minimum atomic E-state index is -1.49. The molecule has 2 heteroatoms. The van der Waals surface area contributed by atoms with E-state index in [0.29, 0.717) is 0 Å². The van der Waals surface area contributed by atoms with Crippen LogP contribution < -0.4 is 0 Å². The summed E-state index contributed by atoms with van der Waals surface area (Å²) in [5, 5.41) is 0. The molecule has 132 valence electrons. The Balaban J connectivity index is 0.00000225. The third-order valence-electron chi connectivity index (χ3n) is 5.02. The third-order valence-corrected chi connectivity index (χ3v) is 9.99. The van der Waals surface area contributed by atoms with Gasteiger partial charge >= 0.3 is 147 Å². The molecule has 0 saturated heterocycles. The van der Waals surface area contributed by atoms with Crippen LogP contribution in [0.2, 0.25) is 0 Å². The topological polar surface area (TPSA) is 0 Å². The Kier molecular flexibility index (Phi) is 7.88. The van der Waals surface area contributed by atoms with Gasteiger partial charge in [-0.25, -0.2) is 0 Å². The molecule has 0 N–H and O–H groups in total. The summed E-state index contributed by atoms with van der Waals surface area (Å²) in [4.78, 5) is 0. The first-order valence-electron chi connectivity index (χ1n) is 8.91. The summed E-state index contributed by atoms with van der Waals surface area (Å²) < 4.78 is 0. The summed E-state index contributed by atoms with van der Waals surface area (Å²) in [7, 11) is -1.49. The van der Waals surface area contributed by atoms with Gasteiger partial charge in [0.15, 0.2) is 0 Å². The van der Waals surface area contributed by atoms with Crippen LogP contribution in [0, 0.1) is 0 Å². The molecule has 0 aliphatic carbocycles. The first-order valence-corrected chi connectivity index (χ1v) is 11.7. The van der Waals surface area contributed by atoms with Gasteiger partial charge in [-0.15, -0.1) is 17.0 Å². The predicted molar refractivity (Wildman–Crippen MR) is 120 cm³/mol. The van der Waals surface area contributed by atoms with Crippen molar-refractivity contribution in [3.63, 3.8) is 0 Å². The van der Waals surface area contributed by atoms with Gasteiger partial charge in [0.05, 0.1) is 0 Å². The molecule has 3 rings (SSSR count). The zero-order valence-corrected chi connectivity index (χ0v) is 17.6. The normalized spacial score (nSPS) is 11.6. The molecule has 0 fully saturated rings. The van der Waals surface area contributed by atoms with Crippen molar-refractivity contribution < 1.29 is 0 Å². The molecule has 25 heavy (non-hydrogen) atoms. The molecule has 0 saturated carbocycles. The molecule has 0 aliphatic heterocycles. The first-order chi connectivity index (χ1) is 11.8. The molecule has 0 spiro atoms. The van der Waals surface area contributed by atoms with Gasteiger partial charge in [-0.3, -0.25) is 0 Å². The van der Waals surface area contributed by atoms with Crippen LogP contribution >= 0.6 is 24.2 Å². The molecule has 0 aliphatic rings. The first kappa shape index (κ1) is 19.9. The number of benzene rings is 3.